The van der Waals surface area contributed by atoms with Crippen molar-refractivity contribution in [1.29, 1.82) is 0 Å². The first-order chi connectivity index (χ1) is 6.66. The first-order valence-corrected chi connectivity index (χ1v) is 5.30. The summed E-state index contributed by atoms with van der Waals surface area (Å²) in [7, 11) is 1.93. The molecule has 0 aliphatic heterocycles. The fraction of sp³-hybridized carbons (Fsp3) is 0.600. The van der Waals surface area contributed by atoms with Crippen LogP contribution >= 0.6 is 12.2 Å². The van der Waals surface area contributed by atoms with Crippen LogP contribution in [0.2, 0.25) is 0 Å². The van der Waals surface area contributed by atoms with Crippen molar-refractivity contribution in [3.8, 4) is 0 Å². The Bertz CT molecular complexity index is 355. The SMILES string of the molecule is CCNCCCN(C)c1cc(=S)c1=O. The van der Waals surface area contributed by atoms with E-state index in [-0.39, 0.29) is 5.43 Å². The Balaban J connectivity index is 2.30. The van der Waals surface area contributed by atoms with Crippen LogP contribution in [0, 0.1) is 4.51 Å². The van der Waals surface area contributed by atoms with Gasteiger partial charge in [0.25, 0.3) is 0 Å². The van der Waals surface area contributed by atoms with Gasteiger partial charge in [-0.2, -0.15) is 0 Å². The maximum atomic E-state index is 11.2. The number of rotatable bonds is 6. The smallest absolute Gasteiger partial charge is 0.219 e. The fourth-order valence-electron chi connectivity index (χ4n) is 1.33. The van der Waals surface area contributed by atoms with Gasteiger partial charge in [0, 0.05) is 13.6 Å². The van der Waals surface area contributed by atoms with Crippen LogP contribution in [0.15, 0.2) is 10.9 Å². The molecular weight excluding hydrogens is 196 g/mol. The van der Waals surface area contributed by atoms with Crippen molar-refractivity contribution in [2.45, 2.75) is 13.3 Å². The molecule has 0 heterocycles. The van der Waals surface area contributed by atoms with E-state index in [1.165, 1.54) is 0 Å². The maximum Gasteiger partial charge on any atom is 0.219 e. The summed E-state index contributed by atoms with van der Waals surface area (Å²) in [5.41, 5.74) is 0.775. The second-order valence-corrected chi connectivity index (χ2v) is 3.79. The van der Waals surface area contributed by atoms with E-state index in [4.69, 9.17) is 12.2 Å². The molecule has 3 nitrogen and oxygen atoms in total. The van der Waals surface area contributed by atoms with E-state index in [2.05, 4.69) is 12.2 Å². The second kappa shape index (κ2) is 5.22. The molecule has 0 amide bonds. The average Bonchev–Trinajstić information content (AvgIpc) is 2.20. The molecule has 0 aliphatic rings. The van der Waals surface area contributed by atoms with E-state index in [9.17, 15) is 4.79 Å². The third-order valence-electron chi connectivity index (χ3n) is 2.23. The Morgan fingerprint density at radius 1 is 1.57 bits per heavy atom. The van der Waals surface area contributed by atoms with E-state index in [1.54, 1.807) is 6.07 Å². The zero-order valence-corrected chi connectivity index (χ0v) is 9.49. The van der Waals surface area contributed by atoms with Crippen LogP contribution in [0.25, 0.3) is 0 Å². The summed E-state index contributed by atoms with van der Waals surface area (Å²) in [6.45, 7) is 4.97. The molecule has 0 radical (unpaired) electrons. The lowest BCUT2D eigenvalue weighted by atomic mass is 10.2. The molecule has 1 aromatic rings. The molecule has 0 aliphatic carbocycles. The molecule has 0 saturated heterocycles. The zero-order valence-electron chi connectivity index (χ0n) is 8.67. The van der Waals surface area contributed by atoms with Gasteiger partial charge in [-0.05, 0) is 25.6 Å². The van der Waals surface area contributed by atoms with Crippen molar-refractivity contribution >= 4 is 17.9 Å². The third-order valence-corrected chi connectivity index (χ3v) is 2.54. The molecule has 4 heteroatoms. The Morgan fingerprint density at radius 2 is 2.29 bits per heavy atom. The van der Waals surface area contributed by atoms with Crippen LogP contribution in [-0.2, 0) is 0 Å². The lowest BCUT2D eigenvalue weighted by Gasteiger charge is -2.19. The van der Waals surface area contributed by atoms with Gasteiger partial charge in [0.15, 0.2) is 0 Å². The Labute approximate surface area is 89.4 Å². The normalized spacial score (nSPS) is 10.7. The van der Waals surface area contributed by atoms with Crippen molar-refractivity contribution in [1.82, 2.24) is 5.32 Å². The second-order valence-electron chi connectivity index (χ2n) is 3.35. The quantitative estimate of drug-likeness (QED) is 0.565. The van der Waals surface area contributed by atoms with Crippen molar-refractivity contribution < 1.29 is 0 Å². The van der Waals surface area contributed by atoms with E-state index in [0.717, 1.165) is 31.7 Å². The molecule has 0 atom stereocenters. The van der Waals surface area contributed by atoms with Gasteiger partial charge in [0.2, 0.25) is 5.43 Å². The zero-order chi connectivity index (χ0) is 10.6. The van der Waals surface area contributed by atoms with Crippen LogP contribution in [0.4, 0.5) is 5.69 Å². The molecule has 1 rings (SSSR count). The average molecular weight is 212 g/mol. The summed E-state index contributed by atoms with van der Waals surface area (Å²) < 4.78 is 0.457. The third kappa shape index (κ3) is 2.62. The highest BCUT2D eigenvalue weighted by atomic mass is 32.1. The number of nitrogens with zero attached hydrogens (tertiary/aromatic N) is 1. The van der Waals surface area contributed by atoms with Gasteiger partial charge in [-0.3, -0.25) is 4.79 Å². The van der Waals surface area contributed by atoms with Gasteiger partial charge in [0.05, 0.1) is 10.2 Å². The van der Waals surface area contributed by atoms with Gasteiger partial charge in [0.1, 0.15) is 0 Å². The molecule has 0 unspecified atom stereocenters. The minimum Gasteiger partial charge on any atom is -0.371 e. The van der Waals surface area contributed by atoms with Gasteiger partial charge >= 0.3 is 0 Å². The van der Waals surface area contributed by atoms with Crippen LogP contribution in [0.1, 0.15) is 13.3 Å². The summed E-state index contributed by atoms with van der Waals surface area (Å²) in [6.07, 6.45) is 1.04. The minimum atomic E-state index is 0.0194. The lowest BCUT2D eigenvalue weighted by Crippen LogP contribution is -2.29. The largest absolute Gasteiger partial charge is 0.371 e. The van der Waals surface area contributed by atoms with Crippen molar-refractivity contribution in [2.75, 3.05) is 31.6 Å². The van der Waals surface area contributed by atoms with Crippen LogP contribution in [0.5, 0.6) is 0 Å². The first kappa shape index (κ1) is 11.3. The molecule has 0 fully saturated rings. The Kier molecular flexibility index (Phi) is 4.22. The topological polar surface area (TPSA) is 32.3 Å². The molecule has 0 saturated carbocycles. The number of nitrogens with one attached hydrogen (secondary N) is 1. The number of hydrogen-bond donors (Lipinski definition) is 1. The standard InChI is InChI=1S/C10H16N2OS/c1-3-11-5-4-6-12(2)8-7-9(14)10(8)13/h7,11H,3-6H2,1-2H3. The van der Waals surface area contributed by atoms with Gasteiger partial charge in [-0.15, -0.1) is 0 Å². The summed E-state index contributed by atoms with van der Waals surface area (Å²) in [5, 5.41) is 3.24. The maximum absolute atomic E-state index is 11.2. The van der Waals surface area contributed by atoms with Crippen molar-refractivity contribution in [3.05, 3.63) is 20.8 Å². The highest BCUT2D eigenvalue weighted by molar-refractivity contribution is 7.71. The van der Waals surface area contributed by atoms with Crippen LogP contribution in [0.3, 0.4) is 0 Å². The van der Waals surface area contributed by atoms with E-state index >= 15 is 0 Å². The van der Waals surface area contributed by atoms with E-state index < -0.39 is 0 Å². The summed E-state index contributed by atoms with van der Waals surface area (Å²) in [5.74, 6) is 0. The molecule has 0 aromatic heterocycles. The predicted octanol–water partition coefficient (Wildman–Crippen LogP) is 1.09. The Hall–Kier alpha value is -0.740. The molecule has 1 aromatic carbocycles. The summed E-state index contributed by atoms with van der Waals surface area (Å²) in [4.78, 5) is 13.2. The van der Waals surface area contributed by atoms with Crippen LogP contribution < -0.4 is 15.6 Å². The summed E-state index contributed by atoms with van der Waals surface area (Å²) in [6, 6.07) is 1.77. The molecule has 14 heavy (non-hydrogen) atoms. The van der Waals surface area contributed by atoms with Crippen molar-refractivity contribution in [2.24, 2.45) is 0 Å². The van der Waals surface area contributed by atoms with Crippen molar-refractivity contribution in [3.63, 3.8) is 0 Å². The van der Waals surface area contributed by atoms with Gasteiger partial charge < -0.3 is 10.2 Å². The highest BCUT2D eigenvalue weighted by Gasteiger charge is 2.10. The lowest BCUT2D eigenvalue weighted by molar-refractivity contribution is 0.666. The van der Waals surface area contributed by atoms with E-state index in [1.807, 2.05) is 11.9 Å². The monoisotopic (exact) mass is 212 g/mol. The molecule has 0 spiro atoms. The molecule has 1 N–H and O–H groups in total. The molecule has 0 bridgehead atoms. The fourth-order valence-corrected chi connectivity index (χ4v) is 1.54. The van der Waals surface area contributed by atoms with Gasteiger partial charge in [-0.25, -0.2) is 0 Å². The summed E-state index contributed by atoms with van der Waals surface area (Å²) >= 11 is 4.79. The van der Waals surface area contributed by atoms with Gasteiger partial charge in [-0.1, -0.05) is 19.1 Å². The number of hydrogen-bond acceptors (Lipinski definition) is 4. The molecule has 78 valence electrons. The predicted molar refractivity (Wildman–Crippen MR) is 62.3 cm³/mol. The minimum absolute atomic E-state index is 0.0194. The first-order valence-electron chi connectivity index (χ1n) is 4.89. The highest BCUT2D eigenvalue weighted by Crippen LogP contribution is 2.09. The number of anilines is 1. The Morgan fingerprint density at radius 3 is 2.79 bits per heavy atom. The molecular formula is C10H16N2OS. The van der Waals surface area contributed by atoms with E-state index in [0.29, 0.717) is 4.51 Å². The van der Waals surface area contributed by atoms with Crippen LogP contribution in [-0.4, -0.2) is 26.7 Å².